The van der Waals surface area contributed by atoms with Crippen LogP contribution in [0.4, 0.5) is 10.6 Å². The molecule has 3 amide bonds. The molecule has 1 aliphatic carbocycles. The van der Waals surface area contributed by atoms with Crippen molar-refractivity contribution in [3.8, 4) is 11.1 Å². The first kappa shape index (κ1) is 20.9. The Bertz CT molecular complexity index is 1030. The van der Waals surface area contributed by atoms with Gasteiger partial charge in [0.05, 0.1) is 6.61 Å². The maximum atomic E-state index is 12.5. The number of carbonyl (C=O) groups is 2. The number of urea groups is 1. The van der Waals surface area contributed by atoms with Crippen molar-refractivity contribution < 1.29 is 14.3 Å². The molecule has 2 fully saturated rings. The van der Waals surface area contributed by atoms with E-state index >= 15 is 0 Å². The van der Waals surface area contributed by atoms with Crippen LogP contribution in [-0.2, 0) is 22.6 Å². The average molecular weight is 436 g/mol. The molecular formula is C24H29N5O3. The van der Waals surface area contributed by atoms with E-state index in [1.165, 1.54) is 17.7 Å². The summed E-state index contributed by atoms with van der Waals surface area (Å²) in [6.07, 6.45) is 11.9. The van der Waals surface area contributed by atoms with Crippen molar-refractivity contribution in [2.24, 2.45) is 11.1 Å². The van der Waals surface area contributed by atoms with Crippen molar-refractivity contribution >= 4 is 17.8 Å². The van der Waals surface area contributed by atoms with Crippen molar-refractivity contribution in [1.82, 2.24) is 14.9 Å². The number of aryl methyl sites for hydroxylation is 1. The minimum absolute atomic E-state index is 0.0718. The van der Waals surface area contributed by atoms with E-state index in [0.717, 1.165) is 61.0 Å². The van der Waals surface area contributed by atoms with Crippen LogP contribution in [0.15, 0.2) is 30.7 Å². The lowest BCUT2D eigenvalue weighted by Crippen LogP contribution is -2.40. The Morgan fingerprint density at radius 3 is 2.56 bits per heavy atom. The Hall–Kier alpha value is -3.00. The molecule has 2 aliphatic heterocycles. The van der Waals surface area contributed by atoms with Gasteiger partial charge in [-0.25, -0.2) is 9.78 Å². The van der Waals surface area contributed by atoms with Crippen LogP contribution < -0.4 is 10.6 Å². The number of nitrogens with two attached hydrogens (primary N) is 1. The van der Waals surface area contributed by atoms with Crippen molar-refractivity contribution in [3.05, 3.63) is 41.9 Å². The van der Waals surface area contributed by atoms with Gasteiger partial charge < -0.3 is 15.4 Å². The number of rotatable bonds is 5. The van der Waals surface area contributed by atoms with Gasteiger partial charge >= 0.3 is 6.03 Å². The Labute approximate surface area is 187 Å². The van der Waals surface area contributed by atoms with Gasteiger partial charge in [-0.15, -0.1) is 0 Å². The van der Waals surface area contributed by atoms with E-state index in [1.54, 1.807) is 18.6 Å². The van der Waals surface area contributed by atoms with E-state index in [4.69, 9.17) is 10.5 Å². The number of pyridine rings is 2. The van der Waals surface area contributed by atoms with Crippen molar-refractivity contribution in [1.29, 1.82) is 0 Å². The molecule has 0 bridgehead atoms. The molecule has 0 atom stereocenters. The zero-order valence-electron chi connectivity index (χ0n) is 18.3. The van der Waals surface area contributed by atoms with E-state index in [9.17, 15) is 9.59 Å². The molecule has 4 heterocycles. The normalized spacial score (nSPS) is 19.0. The van der Waals surface area contributed by atoms with E-state index < -0.39 is 6.03 Å². The van der Waals surface area contributed by atoms with E-state index in [0.29, 0.717) is 24.4 Å². The number of carbonyl (C=O) groups excluding carboxylic acids is 2. The Kier molecular flexibility index (Phi) is 5.55. The third-order valence-electron chi connectivity index (χ3n) is 7.05. The van der Waals surface area contributed by atoms with Gasteiger partial charge in [0.2, 0.25) is 5.91 Å². The molecule has 1 spiro atoms. The standard InChI is InChI=1S/C24H29N5O3/c25-23(31)29-7-1-2-18-11-20(14-27-22(18)29)19-10-17(12-26-13-19)15-32-16-21(30)28-8-5-24(3-4-24)6-9-28/h10-14H,1-9,15-16H2,(H2,25,31). The van der Waals surface area contributed by atoms with E-state index in [2.05, 4.69) is 9.97 Å². The van der Waals surface area contributed by atoms with Crippen molar-refractivity contribution in [2.45, 2.75) is 45.1 Å². The van der Waals surface area contributed by atoms with Gasteiger partial charge in [0, 0.05) is 49.4 Å². The van der Waals surface area contributed by atoms with Crippen LogP contribution in [0.25, 0.3) is 11.1 Å². The monoisotopic (exact) mass is 435 g/mol. The number of likely N-dealkylation sites (tertiary alicyclic amines) is 1. The number of piperidine rings is 1. The fourth-order valence-electron chi connectivity index (χ4n) is 4.82. The molecule has 1 saturated heterocycles. The van der Waals surface area contributed by atoms with Crippen molar-refractivity contribution in [3.63, 3.8) is 0 Å². The highest BCUT2D eigenvalue weighted by atomic mass is 16.5. The molecule has 1 saturated carbocycles. The van der Waals surface area contributed by atoms with Gasteiger partial charge in [-0.1, -0.05) is 0 Å². The molecule has 2 aromatic rings. The number of hydrogen-bond donors (Lipinski definition) is 1. The average Bonchev–Trinajstić information content (AvgIpc) is 3.57. The van der Waals surface area contributed by atoms with Crippen molar-refractivity contribution in [2.75, 3.05) is 31.1 Å². The second-order valence-electron chi connectivity index (χ2n) is 9.26. The molecular weight excluding hydrogens is 406 g/mol. The number of aromatic nitrogens is 2. The number of hydrogen-bond acceptors (Lipinski definition) is 5. The summed E-state index contributed by atoms with van der Waals surface area (Å²) in [6.45, 7) is 2.74. The lowest BCUT2D eigenvalue weighted by molar-refractivity contribution is -0.138. The highest BCUT2D eigenvalue weighted by Crippen LogP contribution is 2.53. The van der Waals surface area contributed by atoms with Crippen LogP contribution >= 0.6 is 0 Å². The minimum Gasteiger partial charge on any atom is -0.367 e. The largest absolute Gasteiger partial charge is 0.367 e. The zero-order chi connectivity index (χ0) is 22.1. The topological polar surface area (TPSA) is 102 Å². The van der Waals surface area contributed by atoms with Gasteiger partial charge in [0.1, 0.15) is 12.4 Å². The number of fused-ring (bicyclic) bond motifs is 1. The maximum absolute atomic E-state index is 12.5. The third-order valence-corrected chi connectivity index (χ3v) is 7.05. The summed E-state index contributed by atoms with van der Waals surface area (Å²) in [5.74, 6) is 0.714. The summed E-state index contributed by atoms with van der Waals surface area (Å²) in [6, 6.07) is 3.58. The lowest BCUT2D eigenvalue weighted by Gasteiger charge is -2.32. The predicted octanol–water partition coefficient (Wildman–Crippen LogP) is 2.89. The minimum atomic E-state index is -0.474. The molecule has 32 heavy (non-hydrogen) atoms. The smallest absolute Gasteiger partial charge is 0.320 e. The van der Waals surface area contributed by atoms with Gasteiger partial charge in [0.15, 0.2) is 0 Å². The fraction of sp³-hybridized carbons (Fsp3) is 0.500. The summed E-state index contributed by atoms with van der Waals surface area (Å²) in [4.78, 5) is 36.4. The summed E-state index contributed by atoms with van der Waals surface area (Å²) < 4.78 is 5.72. The highest BCUT2D eigenvalue weighted by Gasteiger charge is 2.45. The summed E-state index contributed by atoms with van der Waals surface area (Å²) >= 11 is 0. The van der Waals surface area contributed by atoms with E-state index in [1.807, 2.05) is 17.0 Å². The number of primary amides is 1. The quantitative estimate of drug-likeness (QED) is 0.778. The second-order valence-corrected chi connectivity index (χ2v) is 9.26. The number of amides is 3. The summed E-state index contributed by atoms with van der Waals surface area (Å²) in [7, 11) is 0. The molecule has 0 radical (unpaired) electrons. The zero-order valence-corrected chi connectivity index (χ0v) is 18.3. The summed E-state index contributed by atoms with van der Waals surface area (Å²) in [5, 5.41) is 0. The first-order valence-corrected chi connectivity index (χ1v) is 11.4. The van der Waals surface area contributed by atoms with Crippen LogP contribution in [-0.4, -0.2) is 53.0 Å². The number of anilines is 1. The molecule has 0 aromatic carbocycles. The Morgan fingerprint density at radius 1 is 1.03 bits per heavy atom. The highest BCUT2D eigenvalue weighted by molar-refractivity contribution is 5.91. The summed E-state index contributed by atoms with van der Waals surface area (Å²) in [5.41, 5.74) is 9.81. The van der Waals surface area contributed by atoms with Crippen LogP contribution in [0.2, 0.25) is 0 Å². The molecule has 8 heteroatoms. The molecule has 2 aromatic heterocycles. The van der Waals surface area contributed by atoms with Crippen LogP contribution in [0.5, 0.6) is 0 Å². The predicted molar refractivity (Wildman–Crippen MR) is 120 cm³/mol. The molecule has 8 nitrogen and oxygen atoms in total. The molecule has 0 unspecified atom stereocenters. The van der Waals surface area contributed by atoms with Gasteiger partial charge in [0.25, 0.3) is 0 Å². The molecule has 2 N–H and O–H groups in total. The first-order chi connectivity index (χ1) is 15.5. The number of ether oxygens (including phenoxy) is 1. The lowest BCUT2D eigenvalue weighted by atomic mass is 9.94. The van der Waals surface area contributed by atoms with Crippen LogP contribution in [0, 0.1) is 5.41 Å². The molecule has 3 aliphatic rings. The SMILES string of the molecule is NC(=O)N1CCCc2cc(-c3cncc(COCC(=O)N4CCC5(CC4)CC5)c3)cnc21. The van der Waals surface area contributed by atoms with Gasteiger partial charge in [-0.05, 0) is 67.2 Å². The fourth-order valence-corrected chi connectivity index (χ4v) is 4.82. The van der Waals surface area contributed by atoms with E-state index in [-0.39, 0.29) is 12.5 Å². The molecule has 5 rings (SSSR count). The third kappa shape index (κ3) is 4.32. The van der Waals surface area contributed by atoms with Gasteiger partial charge in [-0.2, -0.15) is 0 Å². The van der Waals surface area contributed by atoms with Gasteiger partial charge in [-0.3, -0.25) is 14.7 Å². The Morgan fingerprint density at radius 2 is 1.81 bits per heavy atom. The maximum Gasteiger partial charge on any atom is 0.320 e. The Balaban J connectivity index is 1.19. The second kappa shape index (κ2) is 8.50. The molecule has 168 valence electrons. The van der Waals surface area contributed by atoms with Crippen LogP contribution in [0.3, 0.4) is 0 Å². The number of nitrogens with zero attached hydrogens (tertiary/aromatic N) is 4. The first-order valence-electron chi connectivity index (χ1n) is 11.4. The van der Waals surface area contributed by atoms with Crippen LogP contribution in [0.1, 0.15) is 43.2 Å².